The van der Waals surface area contributed by atoms with E-state index < -0.39 is 0 Å². The molecule has 1 aromatic heterocycles. The van der Waals surface area contributed by atoms with E-state index >= 15 is 0 Å². The number of nitrogens with one attached hydrogen (secondary N) is 2. The zero-order chi connectivity index (χ0) is 17.0. The molecule has 128 valence electrons. The number of carbonyl (C=O) groups is 2. The van der Waals surface area contributed by atoms with Crippen LogP contribution in [-0.2, 0) is 16.0 Å². The van der Waals surface area contributed by atoms with Crippen molar-refractivity contribution in [2.75, 3.05) is 0 Å². The van der Waals surface area contributed by atoms with Gasteiger partial charge >= 0.3 is 0 Å². The molecular formula is C18H18N4O3. The summed E-state index contributed by atoms with van der Waals surface area (Å²) in [4.78, 5) is 27.6. The minimum Gasteiger partial charge on any atom is -0.347 e. The molecule has 2 aliphatic carbocycles. The lowest BCUT2D eigenvalue weighted by atomic mass is 10.0. The molecule has 2 amide bonds. The Hall–Kier alpha value is -2.70. The zero-order valence-corrected chi connectivity index (χ0v) is 13.6. The first kappa shape index (κ1) is 14.6. The van der Waals surface area contributed by atoms with Gasteiger partial charge in [-0.25, -0.2) is 0 Å². The summed E-state index contributed by atoms with van der Waals surface area (Å²) in [6, 6.07) is 5.73. The van der Waals surface area contributed by atoms with E-state index in [1.165, 1.54) is 5.56 Å². The Morgan fingerprint density at radius 1 is 1.28 bits per heavy atom. The van der Waals surface area contributed by atoms with Crippen LogP contribution in [0.5, 0.6) is 0 Å². The second-order valence-corrected chi connectivity index (χ2v) is 7.07. The number of carbonyl (C=O) groups excluding carboxylic acids is 2. The van der Waals surface area contributed by atoms with Gasteiger partial charge in [-0.1, -0.05) is 17.3 Å². The maximum Gasteiger partial charge on any atom is 0.243 e. The Balaban J connectivity index is 1.32. The van der Waals surface area contributed by atoms with Gasteiger partial charge in [0, 0.05) is 11.5 Å². The number of rotatable bonds is 4. The van der Waals surface area contributed by atoms with Gasteiger partial charge in [-0.2, -0.15) is 4.98 Å². The predicted octanol–water partition coefficient (Wildman–Crippen LogP) is 1.61. The molecule has 0 radical (unpaired) electrons. The highest BCUT2D eigenvalue weighted by molar-refractivity contribution is 5.97. The van der Waals surface area contributed by atoms with Crippen LogP contribution >= 0.6 is 0 Å². The van der Waals surface area contributed by atoms with Gasteiger partial charge in [0.15, 0.2) is 0 Å². The first-order chi connectivity index (χ1) is 12.2. The van der Waals surface area contributed by atoms with E-state index in [0.717, 1.165) is 42.7 Å². The minimum absolute atomic E-state index is 0.00125. The minimum atomic E-state index is -0.379. The molecule has 7 nitrogen and oxygen atoms in total. The van der Waals surface area contributed by atoms with Gasteiger partial charge in [0.05, 0.1) is 12.5 Å². The first-order valence-corrected chi connectivity index (χ1v) is 8.74. The molecule has 2 N–H and O–H groups in total. The topological polar surface area (TPSA) is 97.1 Å². The highest BCUT2D eigenvalue weighted by Gasteiger charge is 2.34. The van der Waals surface area contributed by atoms with Crippen molar-refractivity contribution < 1.29 is 14.1 Å². The Morgan fingerprint density at radius 2 is 2.12 bits per heavy atom. The standard InChI is InChI=1S/C18H18N4O3/c23-15-8-14(19-15)17(24)20-13-6-4-10-7-11(3-5-12(10)13)16-21-18(25-22-16)9-1-2-9/h3,5,7,9,13-14H,1-2,4,6,8H2,(H,19,23)(H,20,24)/t13-,14?/m1/s1. The van der Waals surface area contributed by atoms with Crippen molar-refractivity contribution >= 4 is 11.8 Å². The Labute approximate surface area is 144 Å². The molecule has 1 unspecified atom stereocenters. The third-order valence-corrected chi connectivity index (χ3v) is 5.20. The number of aryl methyl sites for hydroxylation is 1. The lowest BCUT2D eigenvalue weighted by Crippen LogP contribution is -2.57. The molecule has 2 fully saturated rings. The van der Waals surface area contributed by atoms with Crippen molar-refractivity contribution in [3.63, 3.8) is 0 Å². The van der Waals surface area contributed by atoms with Gasteiger partial charge in [0.1, 0.15) is 6.04 Å². The number of benzene rings is 1. The average molecular weight is 338 g/mol. The summed E-state index contributed by atoms with van der Waals surface area (Å²) < 4.78 is 5.34. The normalized spacial score (nSPS) is 24.4. The van der Waals surface area contributed by atoms with E-state index in [0.29, 0.717) is 11.7 Å². The van der Waals surface area contributed by atoms with Crippen LogP contribution in [0.3, 0.4) is 0 Å². The van der Waals surface area contributed by atoms with Crippen LogP contribution in [0.25, 0.3) is 11.4 Å². The molecule has 0 bridgehead atoms. The second-order valence-electron chi connectivity index (χ2n) is 7.07. The van der Waals surface area contributed by atoms with Gasteiger partial charge in [-0.3, -0.25) is 9.59 Å². The van der Waals surface area contributed by atoms with Crippen LogP contribution in [0.2, 0.25) is 0 Å². The van der Waals surface area contributed by atoms with E-state index in [2.05, 4.69) is 26.8 Å². The summed E-state index contributed by atoms with van der Waals surface area (Å²) in [6.45, 7) is 0. The average Bonchev–Trinajstić information content (AvgIpc) is 3.18. The maximum atomic E-state index is 12.1. The number of fused-ring (bicyclic) bond motifs is 1. The molecular weight excluding hydrogens is 320 g/mol. The largest absolute Gasteiger partial charge is 0.347 e. The molecule has 1 saturated carbocycles. The Morgan fingerprint density at radius 3 is 2.88 bits per heavy atom. The smallest absolute Gasteiger partial charge is 0.243 e. The number of nitrogens with zero attached hydrogens (tertiary/aromatic N) is 2. The van der Waals surface area contributed by atoms with E-state index in [4.69, 9.17) is 4.52 Å². The molecule has 3 aliphatic rings. The van der Waals surface area contributed by atoms with Gasteiger partial charge in [-0.05, 0) is 42.9 Å². The monoisotopic (exact) mass is 338 g/mol. The van der Waals surface area contributed by atoms with Crippen LogP contribution in [0, 0.1) is 0 Å². The molecule has 5 rings (SSSR count). The quantitative estimate of drug-likeness (QED) is 0.826. The van der Waals surface area contributed by atoms with Gasteiger partial charge in [-0.15, -0.1) is 0 Å². The van der Waals surface area contributed by atoms with Crippen molar-refractivity contribution in [2.24, 2.45) is 0 Å². The van der Waals surface area contributed by atoms with E-state index in [1.807, 2.05) is 12.1 Å². The summed E-state index contributed by atoms with van der Waals surface area (Å²) in [5.74, 6) is 1.65. The van der Waals surface area contributed by atoms with Crippen molar-refractivity contribution in [3.8, 4) is 11.4 Å². The molecule has 25 heavy (non-hydrogen) atoms. The van der Waals surface area contributed by atoms with Crippen molar-refractivity contribution in [2.45, 2.75) is 50.1 Å². The molecule has 0 spiro atoms. The van der Waals surface area contributed by atoms with Crippen LogP contribution in [0.15, 0.2) is 22.7 Å². The predicted molar refractivity (Wildman–Crippen MR) is 87.5 cm³/mol. The lowest BCUT2D eigenvalue weighted by molar-refractivity contribution is -0.137. The summed E-state index contributed by atoms with van der Waals surface area (Å²) >= 11 is 0. The summed E-state index contributed by atoms with van der Waals surface area (Å²) in [5, 5.41) is 9.74. The number of amides is 2. The third kappa shape index (κ3) is 2.59. The summed E-state index contributed by atoms with van der Waals surface area (Å²) in [5.41, 5.74) is 3.29. The fraction of sp³-hybridized carbons (Fsp3) is 0.444. The van der Waals surface area contributed by atoms with Crippen molar-refractivity contribution in [3.05, 3.63) is 35.2 Å². The molecule has 2 heterocycles. The second kappa shape index (κ2) is 5.40. The zero-order valence-electron chi connectivity index (χ0n) is 13.6. The van der Waals surface area contributed by atoms with Crippen LogP contribution < -0.4 is 10.6 Å². The molecule has 2 atom stereocenters. The highest BCUT2D eigenvalue weighted by atomic mass is 16.5. The van der Waals surface area contributed by atoms with Crippen LogP contribution in [-0.4, -0.2) is 28.0 Å². The molecule has 2 aromatic rings. The molecule has 1 saturated heterocycles. The number of hydrogen-bond acceptors (Lipinski definition) is 5. The van der Waals surface area contributed by atoms with Gasteiger partial charge in [0.2, 0.25) is 23.5 Å². The van der Waals surface area contributed by atoms with Gasteiger partial charge in [0.25, 0.3) is 0 Å². The SMILES string of the molecule is O=C1CC(C(=O)N[C@@H]2CCc3cc(-c4noc(C5CC5)n4)ccc32)N1. The van der Waals surface area contributed by atoms with Crippen LogP contribution in [0.1, 0.15) is 54.7 Å². The van der Waals surface area contributed by atoms with Crippen molar-refractivity contribution in [1.82, 2.24) is 20.8 Å². The molecule has 7 heteroatoms. The Kier molecular flexibility index (Phi) is 3.16. The number of aromatic nitrogens is 2. The summed E-state index contributed by atoms with van der Waals surface area (Å²) in [7, 11) is 0. The fourth-order valence-corrected chi connectivity index (χ4v) is 3.54. The van der Waals surface area contributed by atoms with Crippen LogP contribution in [0.4, 0.5) is 0 Å². The fourth-order valence-electron chi connectivity index (χ4n) is 3.54. The van der Waals surface area contributed by atoms with E-state index in [-0.39, 0.29) is 30.3 Å². The number of β-lactam (4-membered cyclic amide) rings is 1. The molecule has 1 aliphatic heterocycles. The third-order valence-electron chi connectivity index (χ3n) is 5.20. The van der Waals surface area contributed by atoms with E-state index in [9.17, 15) is 9.59 Å². The first-order valence-electron chi connectivity index (χ1n) is 8.74. The Bertz CT molecular complexity index is 863. The molecule has 1 aromatic carbocycles. The van der Waals surface area contributed by atoms with Gasteiger partial charge < -0.3 is 15.2 Å². The maximum absolute atomic E-state index is 12.1. The lowest BCUT2D eigenvalue weighted by Gasteiger charge is -2.27. The highest BCUT2D eigenvalue weighted by Crippen LogP contribution is 2.40. The number of hydrogen-bond donors (Lipinski definition) is 2. The van der Waals surface area contributed by atoms with Crippen molar-refractivity contribution in [1.29, 1.82) is 0 Å². The summed E-state index contributed by atoms with van der Waals surface area (Å²) in [6.07, 6.45) is 4.32. The van der Waals surface area contributed by atoms with E-state index in [1.54, 1.807) is 0 Å².